The zero-order valence-electron chi connectivity index (χ0n) is 23.0. The molecule has 0 saturated carbocycles. The highest BCUT2D eigenvalue weighted by atomic mass is 35.5. The number of piperidine rings is 1. The van der Waals surface area contributed by atoms with E-state index in [-0.39, 0.29) is 30.0 Å². The molecule has 0 spiro atoms. The Balaban J connectivity index is 1.15. The molecular formula is C32H33ClN4O4. The van der Waals surface area contributed by atoms with Gasteiger partial charge in [-0.15, -0.1) is 10.2 Å². The van der Waals surface area contributed by atoms with Crippen LogP contribution in [-0.2, 0) is 24.2 Å². The number of aryl methyl sites for hydroxylation is 1. The van der Waals surface area contributed by atoms with Gasteiger partial charge in [-0.25, -0.2) is 0 Å². The van der Waals surface area contributed by atoms with E-state index in [1.54, 1.807) is 25.3 Å². The van der Waals surface area contributed by atoms with Gasteiger partial charge in [0.2, 0.25) is 5.91 Å². The van der Waals surface area contributed by atoms with Crippen LogP contribution in [-0.4, -0.2) is 46.2 Å². The molecule has 41 heavy (non-hydrogen) atoms. The number of hydrogen-bond donors (Lipinski definition) is 1. The maximum atomic E-state index is 12.8. The van der Waals surface area contributed by atoms with Gasteiger partial charge in [0.05, 0.1) is 7.11 Å². The number of hydrogen-bond acceptors (Lipinski definition) is 6. The molecule has 1 N–H and O–H groups in total. The van der Waals surface area contributed by atoms with Crippen LogP contribution in [0.1, 0.15) is 36.1 Å². The lowest BCUT2D eigenvalue weighted by Crippen LogP contribution is -2.39. The first-order valence-electron chi connectivity index (χ1n) is 13.8. The Bertz CT molecular complexity index is 1530. The number of benzene rings is 3. The number of rotatable bonds is 10. The molecule has 9 heteroatoms. The zero-order chi connectivity index (χ0) is 28.6. The Labute approximate surface area is 244 Å². The highest BCUT2D eigenvalue weighted by molar-refractivity contribution is 6.30. The summed E-state index contributed by atoms with van der Waals surface area (Å²) in [5.41, 5.74) is 2.79. The smallest absolute Gasteiger partial charge is 0.273 e. The summed E-state index contributed by atoms with van der Waals surface area (Å²) in [6, 6.07) is 23.2. The van der Waals surface area contributed by atoms with Crippen LogP contribution in [0.25, 0.3) is 11.4 Å². The molecular weight excluding hydrogens is 540 g/mol. The average Bonchev–Trinajstić information content (AvgIpc) is 3.00. The molecule has 0 atom stereocenters. The second-order valence-corrected chi connectivity index (χ2v) is 10.7. The van der Waals surface area contributed by atoms with Crippen molar-refractivity contribution in [2.24, 2.45) is 5.92 Å². The van der Waals surface area contributed by atoms with Gasteiger partial charge >= 0.3 is 0 Å². The van der Waals surface area contributed by atoms with Crippen molar-refractivity contribution in [1.82, 2.24) is 20.1 Å². The standard InChI is InChI=1S/C32H33ClN4O4/c1-40-29-20-25(10-12-28(29)41-21-24-8-5-9-26(33)19-24)31-34-32(39)27(35-36-31)11-13-30(38)37-16-14-23(15-17-37)18-22-6-3-2-4-7-22/h2-10,12,19-20,23H,11,13-18,21H2,1H3,(H,34,36,39). The topological polar surface area (TPSA) is 97.4 Å². The Kier molecular flexibility index (Phi) is 9.31. The maximum absolute atomic E-state index is 12.8. The van der Waals surface area contributed by atoms with Crippen LogP contribution in [0.5, 0.6) is 11.5 Å². The van der Waals surface area contributed by atoms with Crippen molar-refractivity contribution in [3.05, 3.63) is 105 Å². The predicted molar refractivity (Wildman–Crippen MR) is 158 cm³/mol. The molecule has 0 radical (unpaired) electrons. The number of nitrogens with zero attached hydrogens (tertiary/aromatic N) is 3. The van der Waals surface area contributed by atoms with E-state index in [1.165, 1.54) is 5.56 Å². The molecule has 8 nitrogen and oxygen atoms in total. The molecule has 1 saturated heterocycles. The highest BCUT2D eigenvalue weighted by Crippen LogP contribution is 2.32. The number of carbonyl (C=O) groups is 1. The second kappa shape index (κ2) is 13.5. The van der Waals surface area contributed by atoms with Gasteiger partial charge in [-0.1, -0.05) is 54.1 Å². The Morgan fingerprint density at radius 3 is 2.49 bits per heavy atom. The van der Waals surface area contributed by atoms with Crippen LogP contribution >= 0.6 is 11.6 Å². The zero-order valence-corrected chi connectivity index (χ0v) is 23.8. The molecule has 4 aromatic rings. The van der Waals surface area contributed by atoms with E-state index in [1.807, 2.05) is 35.2 Å². The third-order valence-electron chi connectivity index (χ3n) is 7.40. The van der Waals surface area contributed by atoms with E-state index >= 15 is 0 Å². The lowest BCUT2D eigenvalue weighted by molar-refractivity contribution is -0.132. The predicted octanol–water partition coefficient (Wildman–Crippen LogP) is 5.49. The van der Waals surface area contributed by atoms with Crippen molar-refractivity contribution in [1.29, 1.82) is 0 Å². The molecule has 0 bridgehead atoms. The minimum Gasteiger partial charge on any atom is -0.493 e. The second-order valence-electron chi connectivity index (χ2n) is 10.2. The number of H-pyrrole nitrogens is 1. The van der Waals surface area contributed by atoms with Gasteiger partial charge in [0.15, 0.2) is 17.3 Å². The van der Waals surface area contributed by atoms with Crippen molar-refractivity contribution in [3.63, 3.8) is 0 Å². The first kappa shape index (κ1) is 28.4. The quantitative estimate of drug-likeness (QED) is 0.270. The summed E-state index contributed by atoms with van der Waals surface area (Å²) in [7, 11) is 1.55. The summed E-state index contributed by atoms with van der Waals surface area (Å²) in [6.45, 7) is 1.82. The van der Waals surface area contributed by atoms with E-state index < -0.39 is 0 Å². The Hall–Kier alpha value is -4.17. The van der Waals surface area contributed by atoms with Gasteiger partial charge < -0.3 is 19.4 Å². The number of methoxy groups -OCH3 is 1. The van der Waals surface area contributed by atoms with E-state index in [0.29, 0.717) is 40.4 Å². The third kappa shape index (κ3) is 7.52. The van der Waals surface area contributed by atoms with Crippen LogP contribution in [0.3, 0.4) is 0 Å². The highest BCUT2D eigenvalue weighted by Gasteiger charge is 2.23. The summed E-state index contributed by atoms with van der Waals surface area (Å²) in [5.74, 6) is 1.99. The molecule has 1 amide bonds. The van der Waals surface area contributed by atoms with Gasteiger partial charge in [-0.05, 0) is 66.6 Å². The number of ether oxygens (including phenoxy) is 2. The number of halogens is 1. The normalized spacial score (nSPS) is 13.7. The molecule has 1 aromatic heterocycles. The molecule has 0 unspecified atom stereocenters. The summed E-state index contributed by atoms with van der Waals surface area (Å²) in [5, 5.41) is 9.00. The van der Waals surface area contributed by atoms with E-state index in [0.717, 1.165) is 37.9 Å². The summed E-state index contributed by atoms with van der Waals surface area (Å²) < 4.78 is 11.4. The summed E-state index contributed by atoms with van der Waals surface area (Å²) >= 11 is 6.06. The van der Waals surface area contributed by atoms with Crippen LogP contribution < -0.4 is 15.0 Å². The van der Waals surface area contributed by atoms with Crippen LogP contribution in [0, 0.1) is 5.92 Å². The average molecular weight is 573 g/mol. The van der Waals surface area contributed by atoms with E-state index in [4.69, 9.17) is 21.1 Å². The first-order chi connectivity index (χ1) is 20.0. The fourth-order valence-electron chi connectivity index (χ4n) is 5.09. The van der Waals surface area contributed by atoms with Gasteiger partial charge in [-0.2, -0.15) is 0 Å². The molecule has 212 valence electrons. The van der Waals surface area contributed by atoms with Crippen molar-refractivity contribution in [2.45, 2.75) is 38.7 Å². The van der Waals surface area contributed by atoms with Gasteiger partial charge in [-0.3, -0.25) is 9.59 Å². The lowest BCUT2D eigenvalue weighted by atomic mass is 9.90. The van der Waals surface area contributed by atoms with Crippen molar-refractivity contribution >= 4 is 17.5 Å². The van der Waals surface area contributed by atoms with Crippen molar-refractivity contribution in [3.8, 4) is 22.9 Å². The summed E-state index contributed by atoms with van der Waals surface area (Å²) in [6.07, 6.45) is 3.50. The number of aromatic nitrogens is 3. The van der Waals surface area contributed by atoms with Gasteiger partial charge in [0, 0.05) is 36.5 Å². The van der Waals surface area contributed by atoms with Crippen molar-refractivity contribution < 1.29 is 14.3 Å². The number of amides is 1. The lowest BCUT2D eigenvalue weighted by Gasteiger charge is -2.32. The minimum atomic E-state index is -0.357. The Morgan fingerprint density at radius 2 is 1.76 bits per heavy atom. The van der Waals surface area contributed by atoms with E-state index in [2.05, 4.69) is 39.4 Å². The molecule has 3 aromatic carbocycles. The number of carbonyl (C=O) groups excluding carboxylic acids is 1. The number of nitrogens with one attached hydrogen (secondary N) is 1. The van der Waals surface area contributed by atoms with Gasteiger partial charge in [0.25, 0.3) is 5.56 Å². The minimum absolute atomic E-state index is 0.0477. The summed E-state index contributed by atoms with van der Waals surface area (Å²) in [4.78, 5) is 30.3. The van der Waals surface area contributed by atoms with Crippen LogP contribution in [0.4, 0.5) is 0 Å². The van der Waals surface area contributed by atoms with Crippen LogP contribution in [0.15, 0.2) is 77.6 Å². The monoisotopic (exact) mass is 572 g/mol. The number of aromatic amines is 1. The molecule has 1 aliphatic heterocycles. The molecule has 1 fully saturated rings. The fraction of sp³-hybridized carbons (Fsp3) is 0.312. The SMILES string of the molecule is COc1cc(-c2nnc(CCC(=O)N3CCC(Cc4ccccc4)CC3)c(=O)[nH]2)ccc1OCc1cccc(Cl)c1. The molecule has 0 aliphatic carbocycles. The van der Waals surface area contributed by atoms with Crippen molar-refractivity contribution in [2.75, 3.05) is 20.2 Å². The Morgan fingerprint density at radius 1 is 0.976 bits per heavy atom. The van der Waals surface area contributed by atoms with Crippen LogP contribution in [0.2, 0.25) is 5.02 Å². The largest absolute Gasteiger partial charge is 0.493 e. The van der Waals surface area contributed by atoms with Gasteiger partial charge in [0.1, 0.15) is 12.3 Å². The molecule has 2 heterocycles. The number of likely N-dealkylation sites (tertiary alicyclic amines) is 1. The third-order valence-corrected chi connectivity index (χ3v) is 7.63. The maximum Gasteiger partial charge on any atom is 0.273 e. The van der Waals surface area contributed by atoms with E-state index in [9.17, 15) is 9.59 Å². The molecule has 5 rings (SSSR count). The fourth-order valence-corrected chi connectivity index (χ4v) is 5.31. The molecule has 1 aliphatic rings. The first-order valence-corrected chi connectivity index (χ1v) is 14.2.